The Morgan fingerprint density at radius 3 is 2.32 bits per heavy atom. The number of allylic oxidation sites excluding steroid dienone is 4. The fourth-order valence-corrected chi connectivity index (χ4v) is 8.25. The lowest BCUT2D eigenvalue weighted by Crippen LogP contribution is -2.16. The van der Waals surface area contributed by atoms with E-state index in [2.05, 4.69) is 133 Å². The number of para-hydroxylation sites is 1. The number of nitrogens with zero attached hydrogens (tertiary/aromatic N) is 1. The minimum absolute atomic E-state index is 0.806. The Morgan fingerprint density at radius 1 is 0.660 bits per heavy atom. The number of fused-ring (bicyclic) bond motifs is 7. The molecule has 0 spiro atoms. The topological polar surface area (TPSA) is 12.5 Å². The first-order valence-corrected chi connectivity index (χ1v) is 16.9. The third-order valence-corrected chi connectivity index (χ3v) is 10.6. The molecule has 3 heteroatoms. The summed E-state index contributed by atoms with van der Waals surface area (Å²) in [6, 6.07) is 43.6. The molecule has 6 aromatic carbocycles. The second-order valence-electron chi connectivity index (χ2n) is 12.1. The minimum atomic E-state index is 0.806. The quantitative estimate of drug-likeness (QED) is 0.181. The summed E-state index contributed by atoms with van der Waals surface area (Å²) < 4.78 is 7.45. The van der Waals surface area contributed by atoms with Crippen molar-refractivity contribution in [3.8, 4) is 16.9 Å². The van der Waals surface area contributed by atoms with Crippen LogP contribution in [0.1, 0.15) is 22.4 Å². The van der Waals surface area contributed by atoms with E-state index in [0.717, 1.165) is 46.8 Å². The monoisotopic (exact) mass is 621 g/mol. The highest BCUT2D eigenvalue weighted by Gasteiger charge is 2.20. The van der Waals surface area contributed by atoms with E-state index in [1.54, 1.807) is 6.26 Å². The molecule has 0 bridgehead atoms. The lowest BCUT2D eigenvalue weighted by Gasteiger charge is -2.28. The van der Waals surface area contributed by atoms with Gasteiger partial charge in [-0.15, -0.1) is 11.3 Å². The van der Waals surface area contributed by atoms with Crippen molar-refractivity contribution in [3.05, 3.63) is 174 Å². The Balaban J connectivity index is 1.20. The van der Waals surface area contributed by atoms with Crippen molar-refractivity contribution < 1.29 is 4.74 Å². The van der Waals surface area contributed by atoms with Gasteiger partial charge in [0.15, 0.2) is 0 Å². The summed E-state index contributed by atoms with van der Waals surface area (Å²) in [5.41, 5.74) is 8.81. The van der Waals surface area contributed by atoms with Crippen LogP contribution in [0.5, 0.6) is 5.75 Å². The number of hydrogen-bond acceptors (Lipinski definition) is 3. The summed E-state index contributed by atoms with van der Waals surface area (Å²) >= 11 is 1.92. The van der Waals surface area contributed by atoms with E-state index in [-0.39, 0.29) is 0 Å². The van der Waals surface area contributed by atoms with Crippen molar-refractivity contribution in [2.24, 2.45) is 0 Å². The lowest BCUT2D eigenvalue weighted by molar-refractivity contribution is 0.479. The molecule has 0 fully saturated rings. The third kappa shape index (κ3) is 4.79. The zero-order chi connectivity index (χ0) is 31.3. The summed E-state index contributed by atoms with van der Waals surface area (Å²) in [6.07, 6.45) is 12.8. The fraction of sp³-hybridized carbons (Fsp3) is 0.0455. The van der Waals surface area contributed by atoms with Gasteiger partial charge in [-0.25, -0.2) is 0 Å². The maximum Gasteiger partial charge on any atom is 0.134 e. The normalized spacial score (nSPS) is 15.7. The molecule has 0 saturated heterocycles. The van der Waals surface area contributed by atoms with E-state index < -0.39 is 0 Å². The first-order chi connectivity index (χ1) is 23.2. The molecular weight excluding hydrogens is 591 g/mol. The van der Waals surface area contributed by atoms with Gasteiger partial charge in [0.05, 0.1) is 6.26 Å². The van der Waals surface area contributed by atoms with Gasteiger partial charge in [-0.2, -0.15) is 0 Å². The van der Waals surface area contributed by atoms with Gasteiger partial charge in [0.25, 0.3) is 0 Å². The van der Waals surface area contributed by atoms with Gasteiger partial charge in [-0.3, -0.25) is 0 Å². The van der Waals surface area contributed by atoms with Crippen molar-refractivity contribution in [1.82, 2.24) is 0 Å². The molecule has 0 radical (unpaired) electrons. The van der Waals surface area contributed by atoms with Gasteiger partial charge < -0.3 is 9.64 Å². The highest BCUT2D eigenvalue weighted by Crippen LogP contribution is 2.42. The van der Waals surface area contributed by atoms with Crippen molar-refractivity contribution in [2.75, 3.05) is 4.90 Å². The Kier molecular flexibility index (Phi) is 6.65. The van der Waals surface area contributed by atoms with Crippen molar-refractivity contribution in [2.45, 2.75) is 12.8 Å². The average molecular weight is 622 g/mol. The zero-order valence-electron chi connectivity index (χ0n) is 25.8. The van der Waals surface area contributed by atoms with Crippen LogP contribution < -0.4 is 9.64 Å². The summed E-state index contributed by atoms with van der Waals surface area (Å²) in [5, 5.41) is 6.36. The molecule has 224 valence electrons. The fourth-order valence-electron chi connectivity index (χ4n) is 7.06. The van der Waals surface area contributed by atoms with Crippen LogP contribution in [0.25, 0.3) is 54.4 Å². The van der Waals surface area contributed by atoms with E-state index in [0.29, 0.717) is 0 Å². The first kappa shape index (κ1) is 27.7. The highest BCUT2D eigenvalue weighted by atomic mass is 32.1. The van der Waals surface area contributed by atoms with Gasteiger partial charge in [0.2, 0.25) is 0 Å². The molecule has 7 aromatic rings. The first-order valence-electron chi connectivity index (χ1n) is 16.1. The van der Waals surface area contributed by atoms with Crippen LogP contribution in [0.2, 0.25) is 0 Å². The molecule has 2 nitrogen and oxygen atoms in total. The lowest BCUT2D eigenvalue weighted by atomic mass is 9.93. The Morgan fingerprint density at radius 2 is 1.43 bits per heavy atom. The third-order valence-electron chi connectivity index (χ3n) is 9.32. The minimum Gasteiger partial charge on any atom is -0.464 e. The Hall–Kier alpha value is -5.64. The summed E-state index contributed by atoms with van der Waals surface area (Å²) in [4.78, 5) is 3.79. The van der Waals surface area contributed by atoms with E-state index in [1.807, 2.05) is 35.6 Å². The maximum absolute atomic E-state index is 6.12. The highest BCUT2D eigenvalue weighted by molar-refractivity contribution is 7.19. The van der Waals surface area contributed by atoms with Gasteiger partial charge in [0.1, 0.15) is 5.75 Å². The molecule has 0 amide bonds. The number of hydrogen-bond donors (Lipinski definition) is 0. The molecule has 1 aliphatic heterocycles. The van der Waals surface area contributed by atoms with E-state index in [9.17, 15) is 0 Å². The zero-order valence-corrected chi connectivity index (χ0v) is 26.6. The summed E-state index contributed by atoms with van der Waals surface area (Å²) in [7, 11) is 0. The average Bonchev–Trinajstić information content (AvgIpc) is 3.49. The number of thiophene rings is 1. The van der Waals surface area contributed by atoms with E-state index >= 15 is 0 Å². The molecule has 1 aromatic heterocycles. The molecule has 2 aliphatic rings. The molecule has 47 heavy (non-hydrogen) atoms. The van der Waals surface area contributed by atoms with Crippen LogP contribution in [0.3, 0.4) is 0 Å². The van der Waals surface area contributed by atoms with Crippen LogP contribution in [-0.2, 0) is 6.42 Å². The number of benzene rings is 6. The molecule has 0 unspecified atom stereocenters. The molecular formula is C44H31NOS. The standard InChI is InChI=1S/C44H31NOS/c1-29-26-34(24-25-46-42-16-8-6-11-35(29)42)45(33-22-23-44-41(28-33)39-15-7-9-17-43(39)47-44)32-20-18-30(19-21-32)40-27-31-10-2-3-12-36(31)37-13-4-5-14-38(37)40/h2-8,10-16,18-28H,1,9,17H2/b25-24-,34-26+. The van der Waals surface area contributed by atoms with E-state index in [1.165, 1.54) is 53.2 Å². The van der Waals surface area contributed by atoms with Gasteiger partial charge in [0, 0.05) is 37.6 Å². The maximum atomic E-state index is 6.12. The number of anilines is 2. The van der Waals surface area contributed by atoms with Gasteiger partial charge in [-0.1, -0.05) is 97.6 Å². The van der Waals surface area contributed by atoms with Crippen molar-refractivity contribution in [1.29, 1.82) is 0 Å². The van der Waals surface area contributed by atoms with Crippen LogP contribution in [0, 0.1) is 0 Å². The van der Waals surface area contributed by atoms with Crippen LogP contribution >= 0.6 is 11.3 Å². The second kappa shape index (κ2) is 11.3. The largest absolute Gasteiger partial charge is 0.464 e. The Bertz CT molecular complexity index is 2460. The van der Waals surface area contributed by atoms with Crippen molar-refractivity contribution >= 4 is 66.0 Å². The summed E-state index contributed by atoms with van der Waals surface area (Å²) in [5.74, 6) is 0.806. The van der Waals surface area contributed by atoms with Crippen LogP contribution in [0.15, 0.2) is 158 Å². The molecule has 2 heterocycles. The number of rotatable bonds is 4. The predicted octanol–water partition coefficient (Wildman–Crippen LogP) is 12.5. The SMILES string of the molecule is C=C1/C=C(N(c2ccc(-c3cc4ccccc4c4ccccc34)cc2)c2ccc3sc4c(c3c2)C=CCC4)\C=C/Oc2ccccc21. The van der Waals surface area contributed by atoms with Gasteiger partial charge in [-0.05, 0) is 111 Å². The predicted molar refractivity (Wildman–Crippen MR) is 202 cm³/mol. The smallest absolute Gasteiger partial charge is 0.134 e. The molecule has 1 aliphatic carbocycles. The van der Waals surface area contributed by atoms with E-state index in [4.69, 9.17) is 4.74 Å². The number of aryl methyl sites for hydroxylation is 1. The second-order valence-corrected chi connectivity index (χ2v) is 13.3. The van der Waals surface area contributed by atoms with Gasteiger partial charge >= 0.3 is 0 Å². The van der Waals surface area contributed by atoms with Crippen LogP contribution in [-0.4, -0.2) is 0 Å². The Labute approximate surface area is 278 Å². The number of ether oxygens (including phenoxy) is 1. The molecule has 0 N–H and O–H groups in total. The molecule has 9 rings (SSSR count). The van der Waals surface area contributed by atoms with Crippen molar-refractivity contribution in [3.63, 3.8) is 0 Å². The molecule has 0 saturated carbocycles. The molecule has 0 atom stereocenters. The van der Waals surface area contributed by atoms with Crippen LogP contribution in [0.4, 0.5) is 11.4 Å². The summed E-state index contributed by atoms with van der Waals surface area (Å²) in [6.45, 7) is 4.46.